The smallest absolute Gasteiger partial charge is 0.329 e. The van der Waals surface area contributed by atoms with Crippen molar-refractivity contribution in [3.05, 3.63) is 12.7 Å². The van der Waals surface area contributed by atoms with Gasteiger partial charge in [-0.2, -0.15) is 0 Å². The van der Waals surface area contributed by atoms with Crippen molar-refractivity contribution < 1.29 is 19.1 Å². The zero-order chi connectivity index (χ0) is 18.7. The van der Waals surface area contributed by atoms with Gasteiger partial charge in [0.25, 0.3) is 0 Å². The normalized spacial score (nSPS) is 19.1. The molecule has 0 aromatic rings. The summed E-state index contributed by atoms with van der Waals surface area (Å²) in [7, 11) is 1.63. The lowest BCUT2D eigenvalue weighted by atomic mass is 9.99. The largest absolute Gasteiger partial charge is 0.458 e. The first-order chi connectivity index (χ1) is 11.0. The van der Waals surface area contributed by atoms with E-state index in [0.29, 0.717) is 19.5 Å². The number of rotatable bonds is 5. The zero-order valence-electron chi connectivity index (χ0n) is 15.7. The Kier molecular flexibility index (Phi) is 6.58. The van der Waals surface area contributed by atoms with Gasteiger partial charge in [0, 0.05) is 20.1 Å². The van der Waals surface area contributed by atoms with Crippen LogP contribution in [0.1, 0.15) is 41.0 Å². The Morgan fingerprint density at radius 2 is 1.88 bits per heavy atom. The van der Waals surface area contributed by atoms with Crippen LogP contribution in [0.25, 0.3) is 0 Å². The van der Waals surface area contributed by atoms with E-state index in [9.17, 15) is 14.4 Å². The summed E-state index contributed by atoms with van der Waals surface area (Å²) in [6.45, 7) is 13.6. The van der Waals surface area contributed by atoms with Crippen LogP contribution < -0.4 is 0 Å². The molecular weight excluding hydrogens is 308 g/mol. The molecule has 0 aromatic carbocycles. The summed E-state index contributed by atoms with van der Waals surface area (Å²) in [5, 5.41) is 0. The van der Waals surface area contributed by atoms with Crippen LogP contribution in [-0.2, 0) is 19.1 Å². The van der Waals surface area contributed by atoms with Crippen LogP contribution in [0.2, 0.25) is 0 Å². The maximum Gasteiger partial charge on any atom is 0.329 e. The van der Waals surface area contributed by atoms with Crippen LogP contribution in [0.4, 0.5) is 0 Å². The van der Waals surface area contributed by atoms with Gasteiger partial charge in [-0.3, -0.25) is 9.59 Å². The van der Waals surface area contributed by atoms with Crippen LogP contribution >= 0.6 is 0 Å². The molecule has 1 saturated heterocycles. The van der Waals surface area contributed by atoms with E-state index in [2.05, 4.69) is 6.58 Å². The third-order valence-corrected chi connectivity index (χ3v) is 4.07. The van der Waals surface area contributed by atoms with Gasteiger partial charge in [-0.15, -0.1) is 0 Å². The fourth-order valence-corrected chi connectivity index (χ4v) is 2.96. The fourth-order valence-electron chi connectivity index (χ4n) is 2.96. The Morgan fingerprint density at radius 1 is 1.29 bits per heavy atom. The Balaban J connectivity index is 2.82. The number of amides is 2. The zero-order valence-corrected chi connectivity index (χ0v) is 15.7. The van der Waals surface area contributed by atoms with Crippen molar-refractivity contribution in [2.75, 3.05) is 20.1 Å². The van der Waals surface area contributed by atoms with Gasteiger partial charge in [0.1, 0.15) is 11.6 Å². The number of esters is 1. The van der Waals surface area contributed by atoms with Crippen molar-refractivity contribution in [2.45, 2.75) is 52.7 Å². The van der Waals surface area contributed by atoms with Crippen molar-refractivity contribution in [1.82, 2.24) is 9.80 Å². The SMILES string of the molecule is C=CC(=O)N1CC[C@H](C(=O)N(C)[C@H](C(=O)OC(C)(C)C)C(C)C)C1. The summed E-state index contributed by atoms with van der Waals surface area (Å²) in [5.74, 6) is -1.05. The molecule has 2 amide bonds. The Hall–Kier alpha value is -1.85. The Morgan fingerprint density at radius 3 is 2.33 bits per heavy atom. The van der Waals surface area contributed by atoms with Crippen LogP contribution in [0.15, 0.2) is 12.7 Å². The molecular formula is C18H30N2O4. The average Bonchev–Trinajstić information content (AvgIpc) is 2.92. The third-order valence-electron chi connectivity index (χ3n) is 4.07. The molecule has 0 aliphatic carbocycles. The van der Waals surface area contributed by atoms with Crippen LogP contribution in [0.3, 0.4) is 0 Å². The van der Waals surface area contributed by atoms with Gasteiger partial charge < -0.3 is 14.5 Å². The van der Waals surface area contributed by atoms with Crippen LogP contribution in [0.5, 0.6) is 0 Å². The monoisotopic (exact) mass is 338 g/mol. The van der Waals surface area contributed by atoms with E-state index in [1.807, 2.05) is 13.8 Å². The number of nitrogens with zero attached hydrogens (tertiary/aromatic N) is 2. The second-order valence-electron chi connectivity index (χ2n) is 7.65. The van der Waals surface area contributed by atoms with Crippen molar-refractivity contribution in [3.8, 4) is 0 Å². The molecule has 136 valence electrons. The molecule has 0 bridgehead atoms. The second-order valence-corrected chi connectivity index (χ2v) is 7.65. The molecule has 0 aromatic heterocycles. The number of hydrogen-bond acceptors (Lipinski definition) is 4. The number of likely N-dealkylation sites (N-methyl/N-ethyl adjacent to an activating group) is 1. The number of ether oxygens (including phenoxy) is 1. The van der Waals surface area contributed by atoms with Crippen molar-refractivity contribution in [3.63, 3.8) is 0 Å². The quantitative estimate of drug-likeness (QED) is 0.567. The molecule has 6 heteroatoms. The van der Waals surface area contributed by atoms with E-state index in [-0.39, 0.29) is 23.7 Å². The molecule has 0 radical (unpaired) electrons. The molecule has 1 aliphatic heterocycles. The highest BCUT2D eigenvalue weighted by Gasteiger charge is 2.38. The van der Waals surface area contributed by atoms with E-state index < -0.39 is 17.6 Å². The minimum absolute atomic E-state index is 0.0684. The topological polar surface area (TPSA) is 66.9 Å². The highest BCUT2D eigenvalue weighted by atomic mass is 16.6. The van der Waals surface area contributed by atoms with Gasteiger partial charge in [0.15, 0.2) is 0 Å². The van der Waals surface area contributed by atoms with Crippen molar-refractivity contribution in [1.29, 1.82) is 0 Å². The van der Waals surface area contributed by atoms with Gasteiger partial charge in [-0.25, -0.2) is 4.79 Å². The van der Waals surface area contributed by atoms with E-state index in [0.717, 1.165) is 0 Å². The molecule has 0 unspecified atom stereocenters. The van der Waals surface area contributed by atoms with Gasteiger partial charge in [0.2, 0.25) is 11.8 Å². The number of hydrogen-bond donors (Lipinski definition) is 0. The number of carbonyl (C=O) groups excluding carboxylic acids is 3. The summed E-state index contributed by atoms with van der Waals surface area (Å²) in [5.41, 5.74) is -0.603. The maximum absolute atomic E-state index is 12.8. The summed E-state index contributed by atoms with van der Waals surface area (Å²) in [6.07, 6.45) is 1.86. The van der Waals surface area contributed by atoms with E-state index in [4.69, 9.17) is 4.74 Å². The number of carbonyl (C=O) groups is 3. The molecule has 1 aliphatic rings. The highest BCUT2D eigenvalue weighted by Crippen LogP contribution is 2.23. The first kappa shape index (κ1) is 20.2. The van der Waals surface area contributed by atoms with E-state index in [1.165, 1.54) is 11.0 Å². The Bertz CT molecular complexity index is 508. The summed E-state index contributed by atoms with van der Waals surface area (Å²) < 4.78 is 5.46. The fraction of sp³-hybridized carbons (Fsp3) is 0.722. The van der Waals surface area contributed by atoms with Gasteiger partial charge in [-0.05, 0) is 39.2 Å². The second kappa shape index (κ2) is 7.81. The minimum atomic E-state index is -0.638. The molecule has 6 nitrogen and oxygen atoms in total. The molecule has 0 saturated carbocycles. The first-order valence-corrected chi connectivity index (χ1v) is 8.38. The lowest BCUT2D eigenvalue weighted by molar-refractivity contribution is -0.166. The average molecular weight is 338 g/mol. The lowest BCUT2D eigenvalue weighted by Crippen LogP contribution is -2.50. The standard InChI is InChI=1S/C18H30N2O4/c1-8-14(21)20-10-9-13(11-20)16(22)19(7)15(12(2)3)17(23)24-18(4,5)6/h8,12-13,15H,1,9-11H2,2-7H3/t13-,15-/m0/s1. The molecule has 2 atom stereocenters. The predicted molar refractivity (Wildman–Crippen MR) is 92.1 cm³/mol. The van der Waals surface area contributed by atoms with Gasteiger partial charge in [-0.1, -0.05) is 20.4 Å². The molecule has 1 rings (SSSR count). The summed E-state index contributed by atoms with van der Waals surface area (Å²) >= 11 is 0. The molecule has 0 N–H and O–H groups in total. The number of likely N-dealkylation sites (tertiary alicyclic amines) is 1. The lowest BCUT2D eigenvalue weighted by Gasteiger charge is -2.33. The van der Waals surface area contributed by atoms with Crippen LogP contribution in [0, 0.1) is 11.8 Å². The minimum Gasteiger partial charge on any atom is -0.458 e. The van der Waals surface area contributed by atoms with E-state index in [1.54, 1.807) is 32.7 Å². The van der Waals surface area contributed by atoms with Gasteiger partial charge in [0.05, 0.1) is 5.92 Å². The summed E-state index contributed by atoms with van der Waals surface area (Å²) in [6, 6.07) is -0.638. The van der Waals surface area contributed by atoms with E-state index >= 15 is 0 Å². The molecule has 0 spiro atoms. The summed E-state index contributed by atoms with van der Waals surface area (Å²) in [4.78, 5) is 40.0. The molecule has 1 heterocycles. The van der Waals surface area contributed by atoms with Crippen molar-refractivity contribution >= 4 is 17.8 Å². The first-order valence-electron chi connectivity index (χ1n) is 8.38. The molecule has 1 fully saturated rings. The highest BCUT2D eigenvalue weighted by molar-refractivity contribution is 5.89. The predicted octanol–water partition coefficient (Wildman–Crippen LogP) is 1.85. The van der Waals surface area contributed by atoms with Crippen molar-refractivity contribution in [2.24, 2.45) is 11.8 Å². The Labute approximate surface area is 144 Å². The maximum atomic E-state index is 12.8. The van der Waals surface area contributed by atoms with Gasteiger partial charge >= 0.3 is 5.97 Å². The third kappa shape index (κ3) is 5.08. The van der Waals surface area contributed by atoms with Crippen LogP contribution in [-0.4, -0.2) is 59.4 Å². The molecule has 24 heavy (non-hydrogen) atoms.